The largest absolute Gasteiger partial charge is 0.496 e. The van der Waals surface area contributed by atoms with Crippen molar-refractivity contribution >= 4 is 39.2 Å². The lowest BCUT2D eigenvalue weighted by Crippen LogP contribution is -2.02. The molecule has 0 saturated heterocycles. The second kappa shape index (κ2) is 6.30. The summed E-state index contributed by atoms with van der Waals surface area (Å²) in [5.74, 6) is 1.75. The minimum Gasteiger partial charge on any atom is -0.496 e. The zero-order valence-electron chi connectivity index (χ0n) is 11.6. The molecular formula is C17H15IN2O. The first kappa shape index (κ1) is 14.1. The highest BCUT2D eigenvalue weighted by molar-refractivity contribution is 14.1. The number of anilines is 1. The first-order valence-electron chi connectivity index (χ1n) is 6.68. The Balaban J connectivity index is 1.94. The quantitative estimate of drug-likeness (QED) is 0.668. The van der Waals surface area contributed by atoms with E-state index in [9.17, 15) is 0 Å². The zero-order valence-corrected chi connectivity index (χ0v) is 13.8. The van der Waals surface area contributed by atoms with Gasteiger partial charge in [0.1, 0.15) is 11.6 Å². The molecule has 0 unspecified atom stereocenters. The Labute approximate surface area is 137 Å². The summed E-state index contributed by atoms with van der Waals surface area (Å²) in [4.78, 5) is 4.46. The van der Waals surface area contributed by atoms with Crippen molar-refractivity contribution in [1.82, 2.24) is 4.98 Å². The third-order valence-electron chi connectivity index (χ3n) is 3.34. The molecule has 0 aliphatic heterocycles. The standard InChI is InChI=1S/C17H15IN2O/c1-21-16-10-14-13(9-15(16)18)7-8-19-17(14)20-11-12-5-3-2-4-6-12/h2-10H,11H2,1H3,(H,19,20). The lowest BCUT2D eigenvalue weighted by molar-refractivity contribution is 0.412. The molecule has 0 bridgehead atoms. The molecule has 1 N–H and O–H groups in total. The molecule has 1 aromatic heterocycles. The summed E-state index contributed by atoms with van der Waals surface area (Å²) in [6.07, 6.45) is 1.83. The molecule has 1 heterocycles. The van der Waals surface area contributed by atoms with Crippen molar-refractivity contribution in [3.8, 4) is 5.75 Å². The minimum atomic E-state index is 0.751. The van der Waals surface area contributed by atoms with Crippen LogP contribution in [-0.2, 0) is 6.54 Å². The van der Waals surface area contributed by atoms with E-state index in [2.05, 4.69) is 51.1 Å². The van der Waals surface area contributed by atoms with E-state index in [0.29, 0.717) is 0 Å². The van der Waals surface area contributed by atoms with Crippen molar-refractivity contribution in [2.75, 3.05) is 12.4 Å². The first-order valence-corrected chi connectivity index (χ1v) is 7.76. The Morgan fingerprint density at radius 1 is 1.14 bits per heavy atom. The van der Waals surface area contributed by atoms with Crippen LogP contribution in [0.3, 0.4) is 0 Å². The molecule has 4 heteroatoms. The van der Waals surface area contributed by atoms with Crippen LogP contribution in [0.25, 0.3) is 10.8 Å². The van der Waals surface area contributed by atoms with Gasteiger partial charge in [0.05, 0.1) is 10.7 Å². The van der Waals surface area contributed by atoms with Gasteiger partial charge in [-0.3, -0.25) is 0 Å². The number of benzene rings is 2. The predicted octanol–water partition coefficient (Wildman–Crippen LogP) is 4.46. The SMILES string of the molecule is COc1cc2c(NCc3ccccc3)nccc2cc1I. The van der Waals surface area contributed by atoms with Crippen LogP contribution >= 0.6 is 22.6 Å². The van der Waals surface area contributed by atoms with Crippen LogP contribution in [0.5, 0.6) is 5.75 Å². The molecule has 106 valence electrons. The number of hydrogen-bond acceptors (Lipinski definition) is 3. The Kier molecular flexibility index (Phi) is 4.24. The molecule has 3 nitrogen and oxygen atoms in total. The van der Waals surface area contributed by atoms with Gasteiger partial charge in [-0.1, -0.05) is 30.3 Å². The third kappa shape index (κ3) is 3.10. The van der Waals surface area contributed by atoms with Crippen molar-refractivity contribution in [3.63, 3.8) is 0 Å². The highest BCUT2D eigenvalue weighted by Gasteiger charge is 2.07. The topological polar surface area (TPSA) is 34.1 Å². The average Bonchev–Trinajstić information content (AvgIpc) is 2.53. The number of halogens is 1. The van der Waals surface area contributed by atoms with Crippen LogP contribution in [0.2, 0.25) is 0 Å². The fraction of sp³-hybridized carbons (Fsp3) is 0.118. The van der Waals surface area contributed by atoms with Crippen LogP contribution in [0.15, 0.2) is 54.7 Å². The van der Waals surface area contributed by atoms with Gasteiger partial charge in [-0.05, 0) is 51.7 Å². The van der Waals surface area contributed by atoms with E-state index in [1.807, 2.05) is 36.5 Å². The van der Waals surface area contributed by atoms with Crippen LogP contribution in [0.1, 0.15) is 5.56 Å². The highest BCUT2D eigenvalue weighted by atomic mass is 127. The molecule has 2 aromatic carbocycles. The number of nitrogens with zero attached hydrogens (tertiary/aromatic N) is 1. The van der Waals surface area contributed by atoms with Gasteiger partial charge < -0.3 is 10.1 Å². The molecule has 3 aromatic rings. The molecule has 3 rings (SSSR count). The van der Waals surface area contributed by atoms with Crippen LogP contribution in [0, 0.1) is 3.57 Å². The van der Waals surface area contributed by atoms with E-state index in [1.165, 1.54) is 5.56 Å². The summed E-state index contributed by atoms with van der Waals surface area (Å²) in [7, 11) is 1.69. The maximum Gasteiger partial charge on any atom is 0.134 e. The molecule has 0 saturated carbocycles. The number of nitrogens with one attached hydrogen (secondary N) is 1. The van der Waals surface area contributed by atoms with Gasteiger partial charge in [0.15, 0.2) is 0 Å². The average molecular weight is 390 g/mol. The number of fused-ring (bicyclic) bond motifs is 1. The minimum absolute atomic E-state index is 0.751. The molecule has 0 fully saturated rings. The summed E-state index contributed by atoms with van der Waals surface area (Å²) in [6, 6.07) is 16.5. The molecule has 0 aliphatic carbocycles. The first-order chi connectivity index (χ1) is 10.3. The smallest absolute Gasteiger partial charge is 0.134 e. The summed E-state index contributed by atoms with van der Waals surface area (Å²) in [6.45, 7) is 0.751. The van der Waals surface area contributed by atoms with Gasteiger partial charge in [0.2, 0.25) is 0 Å². The van der Waals surface area contributed by atoms with E-state index >= 15 is 0 Å². The van der Waals surface area contributed by atoms with E-state index < -0.39 is 0 Å². The molecular weight excluding hydrogens is 375 g/mol. The Bertz CT molecular complexity index is 759. The summed E-state index contributed by atoms with van der Waals surface area (Å²) in [5, 5.41) is 5.64. The van der Waals surface area contributed by atoms with Gasteiger partial charge in [0.25, 0.3) is 0 Å². The van der Waals surface area contributed by atoms with Crippen molar-refractivity contribution in [2.45, 2.75) is 6.54 Å². The molecule has 21 heavy (non-hydrogen) atoms. The highest BCUT2D eigenvalue weighted by Crippen LogP contribution is 2.30. The lowest BCUT2D eigenvalue weighted by Gasteiger charge is -2.11. The molecule has 0 atom stereocenters. The number of rotatable bonds is 4. The predicted molar refractivity (Wildman–Crippen MR) is 94.8 cm³/mol. The monoisotopic (exact) mass is 390 g/mol. The lowest BCUT2D eigenvalue weighted by atomic mass is 10.1. The van der Waals surface area contributed by atoms with Crippen LogP contribution < -0.4 is 10.1 Å². The second-order valence-corrected chi connectivity index (χ2v) is 5.87. The zero-order chi connectivity index (χ0) is 14.7. The fourth-order valence-corrected chi connectivity index (χ4v) is 2.96. The van der Waals surface area contributed by atoms with E-state index in [0.717, 1.165) is 32.5 Å². The van der Waals surface area contributed by atoms with Gasteiger partial charge in [-0.25, -0.2) is 4.98 Å². The number of ether oxygens (including phenoxy) is 1. The molecule has 0 amide bonds. The van der Waals surface area contributed by atoms with E-state index in [-0.39, 0.29) is 0 Å². The number of pyridine rings is 1. The van der Waals surface area contributed by atoms with Gasteiger partial charge in [-0.2, -0.15) is 0 Å². The van der Waals surface area contributed by atoms with Crippen LogP contribution in [0.4, 0.5) is 5.82 Å². The number of methoxy groups -OCH3 is 1. The Hall–Kier alpha value is -1.82. The van der Waals surface area contributed by atoms with Crippen molar-refractivity contribution in [3.05, 3.63) is 63.9 Å². The van der Waals surface area contributed by atoms with Gasteiger partial charge in [0, 0.05) is 18.1 Å². The van der Waals surface area contributed by atoms with Gasteiger partial charge >= 0.3 is 0 Å². The molecule has 0 aliphatic rings. The van der Waals surface area contributed by atoms with E-state index in [4.69, 9.17) is 4.74 Å². The number of hydrogen-bond donors (Lipinski definition) is 1. The van der Waals surface area contributed by atoms with Crippen molar-refractivity contribution < 1.29 is 4.74 Å². The van der Waals surface area contributed by atoms with Crippen molar-refractivity contribution in [1.29, 1.82) is 0 Å². The molecule has 0 spiro atoms. The Morgan fingerprint density at radius 3 is 2.71 bits per heavy atom. The maximum absolute atomic E-state index is 5.41. The summed E-state index contributed by atoms with van der Waals surface area (Å²) >= 11 is 2.29. The molecule has 0 radical (unpaired) electrons. The normalized spacial score (nSPS) is 10.6. The number of aromatic nitrogens is 1. The van der Waals surface area contributed by atoms with Crippen molar-refractivity contribution in [2.24, 2.45) is 0 Å². The van der Waals surface area contributed by atoms with Gasteiger partial charge in [-0.15, -0.1) is 0 Å². The summed E-state index contributed by atoms with van der Waals surface area (Å²) in [5.41, 5.74) is 1.23. The fourth-order valence-electron chi connectivity index (χ4n) is 2.25. The van der Waals surface area contributed by atoms with E-state index in [1.54, 1.807) is 7.11 Å². The summed E-state index contributed by atoms with van der Waals surface area (Å²) < 4.78 is 6.51. The van der Waals surface area contributed by atoms with Crippen LogP contribution in [-0.4, -0.2) is 12.1 Å². The second-order valence-electron chi connectivity index (χ2n) is 4.71. The maximum atomic E-state index is 5.41. The Morgan fingerprint density at radius 2 is 1.95 bits per heavy atom. The third-order valence-corrected chi connectivity index (χ3v) is 4.18.